The Morgan fingerprint density at radius 3 is 2.35 bits per heavy atom. The van der Waals surface area contributed by atoms with Crippen LogP contribution in [0.15, 0.2) is 30.3 Å². The third kappa shape index (κ3) is 4.02. The highest BCUT2D eigenvalue weighted by molar-refractivity contribution is 5.87. The molecular weight excluding hydrogens is 236 g/mol. The smallest absolute Gasteiger partial charge is 0.230 e. The molecule has 0 aromatic heterocycles. The van der Waals surface area contributed by atoms with Gasteiger partial charge < -0.3 is 11.1 Å². The van der Waals surface area contributed by atoms with Crippen LogP contribution in [0, 0.1) is 0 Å². The molecular formula is C13H21ClN2O. The maximum atomic E-state index is 12.1. The van der Waals surface area contributed by atoms with Crippen molar-refractivity contribution in [1.82, 2.24) is 5.32 Å². The van der Waals surface area contributed by atoms with Crippen LogP contribution in [0.1, 0.15) is 26.3 Å². The molecule has 0 heterocycles. The van der Waals surface area contributed by atoms with Crippen LogP contribution in [0.3, 0.4) is 0 Å². The summed E-state index contributed by atoms with van der Waals surface area (Å²) < 4.78 is 0. The number of hydrogen-bond acceptors (Lipinski definition) is 2. The molecule has 0 aliphatic carbocycles. The van der Waals surface area contributed by atoms with Crippen LogP contribution in [0.25, 0.3) is 0 Å². The molecule has 96 valence electrons. The quantitative estimate of drug-likeness (QED) is 0.864. The van der Waals surface area contributed by atoms with Gasteiger partial charge >= 0.3 is 0 Å². The number of amides is 1. The molecule has 0 radical (unpaired) electrons. The lowest BCUT2D eigenvalue weighted by Gasteiger charge is -2.26. The van der Waals surface area contributed by atoms with E-state index in [-0.39, 0.29) is 24.4 Å². The molecule has 0 aliphatic rings. The highest BCUT2D eigenvalue weighted by atomic mass is 35.5. The van der Waals surface area contributed by atoms with E-state index in [4.69, 9.17) is 5.73 Å². The van der Waals surface area contributed by atoms with E-state index in [0.717, 1.165) is 5.56 Å². The SMILES string of the molecule is C[C@@H](CN)NC(=O)C(C)(C)c1ccccc1.Cl. The number of carbonyl (C=O) groups is 1. The lowest BCUT2D eigenvalue weighted by molar-refractivity contribution is -0.126. The lowest BCUT2D eigenvalue weighted by atomic mass is 9.83. The summed E-state index contributed by atoms with van der Waals surface area (Å²) in [6, 6.07) is 9.77. The fourth-order valence-corrected chi connectivity index (χ4v) is 1.45. The van der Waals surface area contributed by atoms with Gasteiger partial charge in [-0.2, -0.15) is 0 Å². The van der Waals surface area contributed by atoms with Gasteiger partial charge in [0.2, 0.25) is 5.91 Å². The second-order valence-electron chi connectivity index (χ2n) is 4.60. The standard InChI is InChI=1S/C13H20N2O.ClH/c1-10(9-14)15-12(16)13(2,3)11-7-5-4-6-8-11;/h4-8,10H,9,14H2,1-3H3,(H,15,16);1H/t10-;/m0./s1. The van der Waals surface area contributed by atoms with Crippen molar-refractivity contribution in [2.24, 2.45) is 5.73 Å². The molecule has 0 spiro atoms. The molecule has 0 aliphatic heterocycles. The monoisotopic (exact) mass is 256 g/mol. The summed E-state index contributed by atoms with van der Waals surface area (Å²) in [5.41, 5.74) is 5.98. The van der Waals surface area contributed by atoms with Gasteiger partial charge in [-0.25, -0.2) is 0 Å². The van der Waals surface area contributed by atoms with Crippen LogP contribution in [0.4, 0.5) is 0 Å². The first-order valence-corrected chi connectivity index (χ1v) is 5.55. The maximum absolute atomic E-state index is 12.1. The predicted octanol–water partition coefficient (Wildman–Crippen LogP) is 1.85. The summed E-state index contributed by atoms with van der Waals surface area (Å²) >= 11 is 0. The Morgan fingerprint density at radius 2 is 1.88 bits per heavy atom. The van der Waals surface area contributed by atoms with Crippen molar-refractivity contribution >= 4 is 18.3 Å². The van der Waals surface area contributed by atoms with Crippen molar-refractivity contribution in [2.75, 3.05) is 6.54 Å². The Morgan fingerprint density at radius 1 is 1.35 bits per heavy atom. The molecule has 1 aromatic carbocycles. The number of carbonyl (C=O) groups excluding carboxylic acids is 1. The number of benzene rings is 1. The van der Waals surface area contributed by atoms with Gasteiger partial charge in [0.05, 0.1) is 5.41 Å². The normalized spacial score (nSPS) is 12.5. The topological polar surface area (TPSA) is 55.1 Å². The lowest BCUT2D eigenvalue weighted by Crippen LogP contribution is -2.46. The van der Waals surface area contributed by atoms with E-state index in [2.05, 4.69) is 5.32 Å². The summed E-state index contributed by atoms with van der Waals surface area (Å²) in [4.78, 5) is 12.1. The Hall–Kier alpha value is -1.06. The zero-order chi connectivity index (χ0) is 12.2. The summed E-state index contributed by atoms with van der Waals surface area (Å²) in [6.45, 7) is 6.19. The van der Waals surface area contributed by atoms with Crippen molar-refractivity contribution in [1.29, 1.82) is 0 Å². The van der Waals surface area contributed by atoms with E-state index in [1.165, 1.54) is 0 Å². The minimum atomic E-state index is -0.523. The van der Waals surface area contributed by atoms with Gasteiger partial charge in [0, 0.05) is 12.6 Å². The van der Waals surface area contributed by atoms with Gasteiger partial charge in [-0.1, -0.05) is 30.3 Å². The average Bonchev–Trinajstić information content (AvgIpc) is 2.29. The third-order valence-corrected chi connectivity index (χ3v) is 2.79. The summed E-state index contributed by atoms with van der Waals surface area (Å²) in [6.07, 6.45) is 0. The van der Waals surface area contributed by atoms with Crippen LogP contribution < -0.4 is 11.1 Å². The molecule has 3 nitrogen and oxygen atoms in total. The fourth-order valence-electron chi connectivity index (χ4n) is 1.45. The number of nitrogens with one attached hydrogen (secondary N) is 1. The Balaban J connectivity index is 0.00000256. The fraction of sp³-hybridized carbons (Fsp3) is 0.462. The van der Waals surface area contributed by atoms with Crippen LogP contribution in [-0.4, -0.2) is 18.5 Å². The summed E-state index contributed by atoms with van der Waals surface area (Å²) in [5.74, 6) is 0.0108. The molecule has 4 heteroatoms. The van der Waals surface area contributed by atoms with Crippen LogP contribution in [0.2, 0.25) is 0 Å². The number of rotatable bonds is 4. The number of hydrogen-bond donors (Lipinski definition) is 2. The van der Waals surface area contributed by atoms with Gasteiger partial charge in [0.25, 0.3) is 0 Å². The zero-order valence-electron chi connectivity index (χ0n) is 10.6. The van der Waals surface area contributed by atoms with E-state index in [1.807, 2.05) is 51.1 Å². The summed E-state index contributed by atoms with van der Waals surface area (Å²) in [5, 5.41) is 2.90. The first-order chi connectivity index (χ1) is 7.48. The van der Waals surface area contributed by atoms with Crippen LogP contribution in [0.5, 0.6) is 0 Å². The summed E-state index contributed by atoms with van der Waals surface area (Å²) in [7, 11) is 0. The van der Waals surface area contributed by atoms with E-state index in [0.29, 0.717) is 6.54 Å². The minimum absolute atomic E-state index is 0. The van der Waals surface area contributed by atoms with E-state index in [9.17, 15) is 4.79 Å². The second kappa shape index (κ2) is 6.62. The molecule has 3 N–H and O–H groups in total. The van der Waals surface area contributed by atoms with Crippen molar-refractivity contribution in [2.45, 2.75) is 32.2 Å². The molecule has 17 heavy (non-hydrogen) atoms. The molecule has 1 aromatic rings. The van der Waals surface area contributed by atoms with Crippen molar-refractivity contribution in [3.8, 4) is 0 Å². The van der Waals surface area contributed by atoms with Crippen molar-refractivity contribution < 1.29 is 4.79 Å². The first kappa shape index (κ1) is 15.9. The zero-order valence-corrected chi connectivity index (χ0v) is 11.4. The molecule has 1 rings (SSSR count). The van der Waals surface area contributed by atoms with Gasteiger partial charge in [-0.15, -0.1) is 12.4 Å². The average molecular weight is 257 g/mol. The largest absolute Gasteiger partial charge is 0.352 e. The molecule has 0 unspecified atom stereocenters. The molecule has 0 bridgehead atoms. The molecule has 1 amide bonds. The molecule has 0 fully saturated rings. The molecule has 0 saturated heterocycles. The van der Waals surface area contributed by atoms with Gasteiger partial charge in [0.15, 0.2) is 0 Å². The van der Waals surface area contributed by atoms with E-state index in [1.54, 1.807) is 0 Å². The highest BCUT2D eigenvalue weighted by Gasteiger charge is 2.29. The molecule has 0 saturated carbocycles. The van der Waals surface area contributed by atoms with Crippen LogP contribution >= 0.6 is 12.4 Å². The Kier molecular flexibility index (Phi) is 6.21. The van der Waals surface area contributed by atoms with Gasteiger partial charge in [-0.3, -0.25) is 4.79 Å². The second-order valence-corrected chi connectivity index (χ2v) is 4.60. The van der Waals surface area contributed by atoms with E-state index < -0.39 is 5.41 Å². The minimum Gasteiger partial charge on any atom is -0.352 e. The Bertz CT molecular complexity index is 352. The number of halogens is 1. The Labute approximate surface area is 109 Å². The van der Waals surface area contributed by atoms with Gasteiger partial charge in [-0.05, 0) is 26.3 Å². The predicted molar refractivity (Wildman–Crippen MR) is 73.4 cm³/mol. The van der Waals surface area contributed by atoms with Crippen molar-refractivity contribution in [3.63, 3.8) is 0 Å². The highest BCUT2D eigenvalue weighted by Crippen LogP contribution is 2.22. The van der Waals surface area contributed by atoms with Crippen LogP contribution in [-0.2, 0) is 10.2 Å². The maximum Gasteiger partial charge on any atom is 0.230 e. The molecule has 1 atom stereocenters. The first-order valence-electron chi connectivity index (χ1n) is 5.55. The van der Waals surface area contributed by atoms with Gasteiger partial charge in [0.1, 0.15) is 0 Å². The van der Waals surface area contributed by atoms with Crippen molar-refractivity contribution in [3.05, 3.63) is 35.9 Å². The van der Waals surface area contributed by atoms with E-state index >= 15 is 0 Å². The third-order valence-electron chi connectivity index (χ3n) is 2.79. The number of nitrogens with two attached hydrogens (primary N) is 1.